The van der Waals surface area contributed by atoms with Gasteiger partial charge in [-0.3, -0.25) is 0 Å². The van der Waals surface area contributed by atoms with Gasteiger partial charge in [-0.15, -0.1) is 0 Å². The third-order valence-corrected chi connectivity index (χ3v) is 3.85. The van der Waals surface area contributed by atoms with Gasteiger partial charge in [-0.05, 0) is 19.3 Å². The molecule has 1 aliphatic rings. The number of esters is 1. The van der Waals surface area contributed by atoms with E-state index in [2.05, 4.69) is 6.58 Å². The largest absolute Gasteiger partial charge is 0.467 e. The number of ether oxygens (including phenoxy) is 2. The van der Waals surface area contributed by atoms with Gasteiger partial charge in [-0.1, -0.05) is 6.58 Å². The van der Waals surface area contributed by atoms with Crippen molar-refractivity contribution in [3.63, 3.8) is 0 Å². The van der Waals surface area contributed by atoms with Crippen molar-refractivity contribution in [2.24, 2.45) is 0 Å². The van der Waals surface area contributed by atoms with Gasteiger partial charge in [0.2, 0.25) is 0 Å². The molecule has 0 aromatic rings. The van der Waals surface area contributed by atoms with Gasteiger partial charge >= 0.3 is 5.97 Å². The number of rotatable bonds is 4. The van der Waals surface area contributed by atoms with Crippen LogP contribution in [-0.4, -0.2) is 34.1 Å². The van der Waals surface area contributed by atoms with Gasteiger partial charge in [-0.25, -0.2) is 4.79 Å². The molecule has 1 saturated heterocycles. The van der Waals surface area contributed by atoms with Crippen molar-refractivity contribution in [2.75, 3.05) is 12.8 Å². The first kappa shape index (κ1) is 10.5. The lowest BCUT2D eigenvalue weighted by Gasteiger charge is -2.21. The van der Waals surface area contributed by atoms with Crippen molar-refractivity contribution in [1.29, 1.82) is 0 Å². The molecular formula is C9H16O3Si. The fraction of sp³-hybridized carbons (Fsp3) is 0.667. The van der Waals surface area contributed by atoms with Crippen molar-refractivity contribution >= 4 is 15.5 Å². The average molecular weight is 200 g/mol. The fourth-order valence-electron chi connectivity index (χ4n) is 1.38. The molecule has 0 N–H and O–H groups in total. The van der Waals surface area contributed by atoms with E-state index in [1.807, 2.05) is 0 Å². The van der Waals surface area contributed by atoms with Crippen LogP contribution < -0.4 is 0 Å². The van der Waals surface area contributed by atoms with E-state index in [0.29, 0.717) is 12.0 Å². The first-order chi connectivity index (χ1) is 6.33. The fourth-order valence-corrected chi connectivity index (χ4v) is 2.88. The van der Waals surface area contributed by atoms with Gasteiger partial charge in [0.1, 0.15) is 9.52 Å². The van der Waals surface area contributed by atoms with E-state index in [-0.39, 0.29) is 5.97 Å². The second kappa shape index (κ2) is 5.94. The van der Waals surface area contributed by atoms with Crippen molar-refractivity contribution in [3.8, 4) is 0 Å². The zero-order valence-corrected chi connectivity index (χ0v) is 9.24. The SMILES string of the molecule is C=CC(=O)OC[SiH2]C1CCCCO1. The van der Waals surface area contributed by atoms with Crippen LogP contribution >= 0.6 is 0 Å². The normalized spacial score (nSPS) is 23.2. The van der Waals surface area contributed by atoms with E-state index in [0.717, 1.165) is 13.0 Å². The lowest BCUT2D eigenvalue weighted by molar-refractivity contribution is -0.135. The summed E-state index contributed by atoms with van der Waals surface area (Å²) in [4.78, 5) is 10.7. The van der Waals surface area contributed by atoms with Crippen molar-refractivity contribution in [1.82, 2.24) is 0 Å². The van der Waals surface area contributed by atoms with Crippen LogP contribution in [-0.2, 0) is 14.3 Å². The minimum atomic E-state index is -0.400. The first-order valence-electron chi connectivity index (χ1n) is 4.73. The van der Waals surface area contributed by atoms with Crippen molar-refractivity contribution in [2.45, 2.75) is 25.0 Å². The van der Waals surface area contributed by atoms with Crippen molar-refractivity contribution in [3.05, 3.63) is 12.7 Å². The molecule has 3 nitrogen and oxygen atoms in total. The summed E-state index contributed by atoms with van der Waals surface area (Å²) in [6.45, 7) is 4.22. The van der Waals surface area contributed by atoms with E-state index in [4.69, 9.17) is 9.47 Å². The van der Waals surface area contributed by atoms with Crippen LogP contribution in [0.25, 0.3) is 0 Å². The quantitative estimate of drug-likeness (QED) is 0.374. The topological polar surface area (TPSA) is 35.5 Å². The summed E-state index contributed by atoms with van der Waals surface area (Å²) in [5.74, 6) is -0.316. The van der Waals surface area contributed by atoms with Gasteiger partial charge in [0.05, 0.1) is 6.23 Å². The molecule has 74 valence electrons. The molecule has 1 unspecified atom stereocenters. The summed E-state index contributed by atoms with van der Waals surface area (Å²) in [7, 11) is -0.400. The molecule has 1 aliphatic heterocycles. The van der Waals surface area contributed by atoms with Crippen LogP contribution in [0.1, 0.15) is 19.3 Å². The Labute approximate surface area is 80.9 Å². The van der Waals surface area contributed by atoms with Crippen LogP contribution in [0.5, 0.6) is 0 Å². The van der Waals surface area contributed by atoms with E-state index in [1.165, 1.54) is 18.9 Å². The highest BCUT2D eigenvalue weighted by Crippen LogP contribution is 2.11. The van der Waals surface area contributed by atoms with Gasteiger partial charge in [0.15, 0.2) is 0 Å². The van der Waals surface area contributed by atoms with Gasteiger partial charge in [0, 0.05) is 18.4 Å². The summed E-state index contributed by atoms with van der Waals surface area (Å²) >= 11 is 0. The maximum absolute atomic E-state index is 10.7. The lowest BCUT2D eigenvalue weighted by Crippen LogP contribution is -2.29. The highest BCUT2D eigenvalue weighted by Gasteiger charge is 2.14. The molecule has 1 rings (SSSR count). The number of carbonyl (C=O) groups excluding carboxylic acids is 1. The van der Waals surface area contributed by atoms with Crippen molar-refractivity contribution < 1.29 is 14.3 Å². The standard InChI is InChI=1S/C9H16O3Si/c1-2-8(10)12-7-13-9-5-3-4-6-11-9/h2,9H,1,3-7,13H2. The van der Waals surface area contributed by atoms with Crippen LogP contribution in [0, 0.1) is 0 Å². The molecule has 0 bridgehead atoms. The molecule has 0 spiro atoms. The van der Waals surface area contributed by atoms with Gasteiger partial charge < -0.3 is 9.47 Å². The summed E-state index contributed by atoms with van der Waals surface area (Å²) in [6, 6.07) is 0. The Hall–Kier alpha value is -0.613. The molecule has 0 aromatic carbocycles. The highest BCUT2D eigenvalue weighted by molar-refractivity contribution is 6.37. The summed E-state index contributed by atoms with van der Waals surface area (Å²) in [5, 5.41) is 0. The molecule has 0 amide bonds. The van der Waals surface area contributed by atoms with Gasteiger partial charge in [-0.2, -0.15) is 0 Å². The predicted molar refractivity (Wildman–Crippen MR) is 53.3 cm³/mol. The summed E-state index contributed by atoms with van der Waals surface area (Å²) in [5.41, 5.74) is 0.423. The molecule has 1 atom stereocenters. The Morgan fingerprint density at radius 3 is 3.15 bits per heavy atom. The average Bonchev–Trinajstić information content (AvgIpc) is 2.19. The lowest BCUT2D eigenvalue weighted by atomic mass is 10.2. The predicted octanol–water partition coefficient (Wildman–Crippen LogP) is 0.368. The second-order valence-electron chi connectivity index (χ2n) is 3.15. The second-order valence-corrected chi connectivity index (χ2v) is 5.05. The van der Waals surface area contributed by atoms with Crippen LogP contribution in [0.4, 0.5) is 0 Å². The monoisotopic (exact) mass is 200 g/mol. The number of carbonyl (C=O) groups is 1. The van der Waals surface area contributed by atoms with Gasteiger partial charge in [0.25, 0.3) is 0 Å². The Morgan fingerprint density at radius 2 is 2.54 bits per heavy atom. The molecule has 1 heterocycles. The molecule has 0 radical (unpaired) electrons. The van der Waals surface area contributed by atoms with E-state index in [1.54, 1.807) is 0 Å². The maximum atomic E-state index is 10.7. The van der Waals surface area contributed by atoms with Crippen LogP contribution in [0.15, 0.2) is 12.7 Å². The minimum Gasteiger partial charge on any atom is -0.467 e. The minimum absolute atomic E-state index is 0.316. The number of hydrogen-bond acceptors (Lipinski definition) is 3. The Kier molecular flexibility index (Phi) is 4.78. The molecule has 1 fully saturated rings. The van der Waals surface area contributed by atoms with Crippen LogP contribution in [0.2, 0.25) is 0 Å². The molecule has 13 heavy (non-hydrogen) atoms. The summed E-state index contributed by atoms with van der Waals surface area (Å²) < 4.78 is 10.5. The smallest absolute Gasteiger partial charge is 0.329 e. The maximum Gasteiger partial charge on any atom is 0.329 e. The molecule has 0 saturated carbocycles. The van der Waals surface area contributed by atoms with E-state index >= 15 is 0 Å². The Bertz CT molecular complexity index is 176. The molecule has 0 aliphatic carbocycles. The van der Waals surface area contributed by atoms with E-state index < -0.39 is 9.52 Å². The third kappa shape index (κ3) is 4.24. The molecule has 4 heteroatoms. The Balaban J connectivity index is 2.04. The third-order valence-electron chi connectivity index (χ3n) is 2.12. The molecule has 0 aromatic heterocycles. The first-order valence-corrected chi connectivity index (χ1v) is 6.55. The summed E-state index contributed by atoms with van der Waals surface area (Å²) in [6.07, 6.45) is 5.37. The zero-order chi connectivity index (χ0) is 9.52. The zero-order valence-electron chi connectivity index (χ0n) is 7.83. The Morgan fingerprint density at radius 1 is 1.69 bits per heavy atom. The molecular weight excluding hydrogens is 184 g/mol. The highest BCUT2D eigenvalue weighted by atomic mass is 28.2. The van der Waals surface area contributed by atoms with Crippen LogP contribution in [0.3, 0.4) is 0 Å². The number of hydrogen-bond donors (Lipinski definition) is 0. The van der Waals surface area contributed by atoms with E-state index in [9.17, 15) is 4.79 Å².